The summed E-state index contributed by atoms with van der Waals surface area (Å²) in [6.45, 7) is 0. The third kappa shape index (κ3) is 2.79. The molecule has 1 aliphatic carbocycles. The minimum atomic E-state index is -0.457. The first kappa shape index (κ1) is 8.86. The molecule has 0 spiro atoms. The Hall–Kier alpha value is -1.23. The van der Waals surface area contributed by atoms with Crippen LogP contribution in [0.5, 0.6) is 0 Å². The molecule has 1 rings (SSSR count). The zero-order valence-corrected chi connectivity index (χ0v) is 7.22. The van der Waals surface area contributed by atoms with Gasteiger partial charge in [0.05, 0.1) is 7.11 Å². The minimum absolute atomic E-state index is 0.457. The van der Waals surface area contributed by atoms with Crippen LogP contribution in [0.1, 0.15) is 25.7 Å². The van der Waals surface area contributed by atoms with Gasteiger partial charge in [-0.25, -0.2) is 4.79 Å². The lowest BCUT2D eigenvalue weighted by Crippen LogP contribution is -1.95. The number of carbonyl (C=O) groups is 1. The third-order valence-corrected chi connectivity index (χ3v) is 1.80. The first-order chi connectivity index (χ1) is 5.83. The molecule has 0 aromatic heterocycles. The average Bonchev–Trinajstić information content (AvgIpc) is 2.16. The number of hydrogen-bond acceptors (Lipinski definition) is 2. The highest BCUT2D eigenvalue weighted by Crippen LogP contribution is 2.15. The summed E-state index contributed by atoms with van der Waals surface area (Å²) >= 11 is 0. The van der Waals surface area contributed by atoms with Crippen molar-refractivity contribution < 1.29 is 9.53 Å². The van der Waals surface area contributed by atoms with Crippen LogP contribution in [0.25, 0.3) is 0 Å². The quantitative estimate of drug-likeness (QED) is 0.309. The Kier molecular flexibility index (Phi) is 3.40. The molecule has 2 nitrogen and oxygen atoms in total. The average molecular weight is 164 g/mol. The van der Waals surface area contributed by atoms with Crippen molar-refractivity contribution in [1.82, 2.24) is 0 Å². The second-order valence-corrected chi connectivity index (χ2v) is 2.72. The molecule has 0 aromatic rings. The van der Waals surface area contributed by atoms with E-state index >= 15 is 0 Å². The minimum Gasteiger partial charge on any atom is -0.459 e. The Bertz CT molecular complexity index is 253. The van der Waals surface area contributed by atoms with Gasteiger partial charge >= 0.3 is 5.97 Å². The van der Waals surface area contributed by atoms with E-state index in [0.29, 0.717) is 0 Å². The highest BCUT2D eigenvalue weighted by molar-refractivity contribution is 5.88. The van der Waals surface area contributed by atoms with Crippen LogP contribution in [0.15, 0.2) is 11.6 Å². The summed E-state index contributed by atoms with van der Waals surface area (Å²) in [6, 6.07) is 0. The van der Waals surface area contributed by atoms with Crippen molar-refractivity contribution in [3.05, 3.63) is 11.6 Å². The number of esters is 1. The van der Waals surface area contributed by atoms with Crippen LogP contribution in [0.4, 0.5) is 0 Å². The zero-order chi connectivity index (χ0) is 8.81. The van der Waals surface area contributed by atoms with Crippen LogP contribution in [-0.4, -0.2) is 13.1 Å². The summed E-state index contributed by atoms with van der Waals surface area (Å²) in [5.74, 6) is 4.77. The number of allylic oxidation sites excluding steroid dienone is 2. The van der Waals surface area contributed by atoms with Crippen molar-refractivity contribution in [2.45, 2.75) is 25.7 Å². The van der Waals surface area contributed by atoms with Crippen molar-refractivity contribution in [3.63, 3.8) is 0 Å². The van der Waals surface area contributed by atoms with Crippen molar-refractivity contribution in [3.8, 4) is 11.8 Å². The van der Waals surface area contributed by atoms with Crippen LogP contribution in [0.2, 0.25) is 0 Å². The second kappa shape index (κ2) is 4.61. The van der Waals surface area contributed by atoms with E-state index in [0.717, 1.165) is 18.4 Å². The molecular weight excluding hydrogens is 152 g/mol. The van der Waals surface area contributed by atoms with E-state index in [2.05, 4.69) is 22.7 Å². The molecule has 0 aliphatic heterocycles. The fourth-order valence-corrected chi connectivity index (χ4v) is 1.13. The number of carbonyl (C=O) groups excluding carboxylic acids is 1. The van der Waals surface area contributed by atoms with E-state index in [1.165, 1.54) is 20.0 Å². The molecule has 2 heteroatoms. The molecule has 0 amide bonds. The fraction of sp³-hybridized carbons (Fsp3) is 0.500. The maximum Gasteiger partial charge on any atom is 0.384 e. The van der Waals surface area contributed by atoms with Gasteiger partial charge in [0.2, 0.25) is 0 Å². The maximum atomic E-state index is 10.6. The Morgan fingerprint density at radius 1 is 1.58 bits per heavy atom. The van der Waals surface area contributed by atoms with Gasteiger partial charge in [-0.05, 0) is 31.3 Å². The first-order valence-electron chi connectivity index (χ1n) is 4.12. The van der Waals surface area contributed by atoms with Gasteiger partial charge in [0, 0.05) is 5.92 Å². The molecule has 0 bridgehead atoms. The van der Waals surface area contributed by atoms with Crippen LogP contribution in [-0.2, 0) is 9.53 Å². The third-order valence-electron chi connectivity index (χ3n) is 1.80. The van der Waals surface area contributed by atoms with Crippen LogP contribution >= 0.6 is 0 Å². The molecule has 1 aliphatic rings. The molecule has 12 heavy (non-hydrogen) atoms. The molecule has 0 aromatic carbocycles. The van der Waals surface area contributed by atoms with Crippen molar-refractivity contribution in [1.29, 1.82) is 0 Å². The summed E-state index contributed by atoms with van der Waals surface area (Å²) < 4.78 is 4.40. The Labute approximate surface area is 72.6 Å². The maximum absolute atomic E-state index is 10.6. The first-order valence-corrected chi connectivity index (χ1v) is 4.12. The Morgan fingerprint density at radius 3 is 3.00 bits per heavy atom. The molecule has 0 unspecified atom stereocenters. The topological polar surface area (TPSA) is 26.3 Å². The van der Waals surface area contributed by atoms with Gasteiger partial charge in [0.15, 0.2) is 0 Å². The standard InChI is InChI=1S/C10H12O2/c1-12-10(11)8-7-9-5-3-2-4-6-9/h5H,2-4,6H2,1H3. The highest BCUT2D eigenvalue weighted by Gasteiger charge is 2.00. The SMILES string of the molecule is COC(=O)C#CC1=CCCCC1. The lowest BCUT2D eigenvalue weighted by Gasteiger charge is -2.05. The van der Waals surface area contributed by atoms with Gasteiger partial charge in [-0.2, -0.15) is 0 Å². The summed E-state index contributed by atoms with van der Waals surface area (Å²) in [7, 11) is 1.34. The van der Waals surface area contributed by atoms with Crippen LogP contribution in [0.3, 0.4) is 0 Å². The molecule has 0 atom stereocenters. The molecule has 0 saturated heterocycles. The molecule has 64 valence electrons. The largest absolute Gasteiger partial charge is 0.459 e. The molecule has 0 saturated carbocycles. The molecule has 0 fully saturated rings. The van der Waals surface area contributed by atoms with Gasteiger partial charge < -0.3 is 4.74 Å². The summed E-state index contributed by atoms with van der Waals surface area (Å²) in [5.41, 5.74) is 1.08. The monoisotopic (exact) mass is 164 g/mol. The van der Waals surface area contributed by atoms with Gasteiger partial charge in [0.25, 0.3) is 0 Å². The molecule has 0 N–H and O–H groups in total. The van der Waals surface area contributed by atoms with E-state index in [1.54, 1.807) is 0 Å². The molecular formula is C10H12O2. The Morgan fingerprint density at radius 2 is 2.42 bits per heavy atom. The number of hydrogen-bond donors (Lipinski definition) is 0. The normalized spacial score (nSPS) is 15.6. The molecule has 0 heterocycles. The second-order valence-electron chi connectivity index (χ2n) is 2.72. The fourth-order valence-electron chi connectivity index (χ4n) is 1.13. The van der Waals surface area contributed by atoms with E-state index in [-0.39, 0.29) is 0 Å². The van der Waals surface area contributed by atoms with E-state index in [9.17, 15) is 4.79 Å². The van der Waals surface area contributed by atoms with Gasteiger partial charge in [-0.15, -0.1) is 0 Å². The van der Waals surface area contributed by atoms with E-state index < -0.39 is 5.97 Å². The summed E-state index contributed by atoms with van der Waals surface area (Å²) in [4.78, 5) is 10.6. The van der Waals surface area contributed by atoms with E-state index in [1.807, 2.05) is 0 Å². The summed E-state index contributed by atoms with van der Waals surface area (Å²) in [6.07, 6.45) is 6.61. The number of ether oxygens (including phenoxy) is 1. The predicted octanol–water partition coefficient (Wildman–Crippen LogP) is 1.66. The van der Waals surface area contributed by atoms with Crippen LogP contribution in [0, 0.1) is 11.8 Å². The smallest absolute Gasteiger partial charge is 0.384 e. The van der Waals surface area contributed by atoms with Gasteiger partial charge in [-0.1, -0.05) is 12.0 Å². The lowest BCUT2D eigenvalue weighted by molar-refractivity contribution is -0.133. The number of rotatable bonds is 0. The highest BCUT2D eigenvalue weighted by atomic mass is 16.5. The van der Waals surface area contributed by atoms with Gasteiger partial charge in [-0.3, -0.25) is 0 Å². The zero-order valence-electron chi connectivity index (χ0n) is 7.22. The molecule has 0 radical (unpaired) electrons. The van der Waals surface area contributed by atoms with Crippen molar-refractivity contribution >= 4 is 5.97 Å². The van der Waals surface area contributed by atoms with E-state index in [4.69, 9.17) is 0 Å². The van der Waals surface area contributed by atoms with Crippen LogP contribution < -0.4 is 0 Å². The summed E-state index contributed by atoms with van der Waals surface area (Å²) in [5, 5.41) is 0. The number of methoxy groups -OCH3 is 1. The van der Waals surface area contributed by atoms with Crippen molar-refractivity contribution in [2.75, 3.05) is 7.11 Å². The van der Waals surface area contributed by atoms with Crippen molar-refractivity contribution in [2.24, 2.45) is 0 Å². The predicted molar refractivity (Wildman–Crippen MR) is 46.3 cm³/mol. The van der Waals surface area contributed by atoms with Gasteiger partial charge in [0.1, 0.15) is 0 Å². The lowest BCUT2D eigenvalue weighted by atomic mass is 10.0. The Balaban J connectivity index is 2.52.